The molecule has 1 amide bonds. The van der Waals surface area contributed by atoms with Crippen molar-refractivity contribution < 1.29 is 4.79 Å². The average molecular weight is 262 g/mol. The number of anilines is 1. The van der Waals surface area contributed by atoms with Crippen LogP contribution in [-0.2, 0) is 0 Å². The van der Waals surface area contributed by atoms with Gasteiger partial charge in [0, 0.05) is 17.3 Å². The van der Waals surface area contributed by atoms with E-state index in [1.807, 2.05) is 19.2 Å². The standard InChI is InChI=1S/C12H14N4OS/c1-7-6-18-12(15-7)8(2)16-11(17)10-9(13)4-3-5-14-10/h3-6,8H,13H2,1-2H3,(H,16,17). The zero-order valence-corrected chi connectivity index (χ0v) is 11.0. The van der Waals surface area contributed by atoms with Crippen molar-refractivity contribution in [1.82, 2.24) is 15.3 Å². The van der Waals surface area contributed by atoms with Gasteiger partial charge in [-0.2, -0.15) is 0 Å². The molecule has 6 heteroatoms. The average Bonchev–Trinajstić information content (AvgIpc) is 2.76. The molecule has 94 valence electrons. The number of nitrogens with zero attached hydrogens (tertiary/aromatic N) is 2. The molecule has 0 saturated heterocycles. The summed E-state index contributed by atoms with van der Waals surface area (Å²) in [6.07, 6.45) is 1.55. The van der Waals surface area contributed by atoms with Gasteiger partial charge in [-0.15, -0.1) is 11.3 Å². The molecule has 0 aliphatic carbocycles. The van der Waals surface area contributed by atoms with Crippen LogP contribution in [0.4, 0.5) is 5.69 Å². The number of nitrogens with two attached hydrogens (primary N) is 1. The number of hydrogen-bond donors (Lipinski definition) is 2. The predicted molar refractivity (Wildman–Crippen MR) is 71.4 cm³/mol. The predicted octanol–water partition coefficient (Wildman–Crippen LogP) is 1.92. The van der Waals surface area contributed by atoms with Crippen LogP contribution in [0, 0.1) is 6.92 Å². The number of aryl methyl sites for hydroxylation is 1. The van der Waals surface area contributed by atoms with Crippen molar-refractivity contribution in [1.29, 1.82) is 0 Å². The van der Waals surface area contributed by atoms with Gasteiger partial charge in [0.05, 0.1) is 11.7 Å². The van der Waals surface area contributed by atoms with Crippen molar-refractivity contribution >= 4 is 22.9 Å². The van der Waals surface area contributed by atoms with Gasteiger partial charge in [0.1, 0.15) is 5.01 Å². The van der Waals surface area contributed by atoms with Crippen molar-refractivity contribution in [3.05, 3.63) is 40.1 Å². The molecule has 0 aliphatic rings. The fraction of sp³-hybridized carbons (Fsp3) is 0.250. The highest BCUT2D eigenvalue weighted by Gasteiger charge is 2.16. The molecule has 0 fully saturated rings. The minimum atomic E-state index is -0.284. The van der Waals surface area contributed by atoms with Crippen LogP contribution in [0.3, 0.4) is 0 Å². The summed E-state index contributed by atoms with van der Waals surface area (Å²) in [5.74, 6) is -0.284. The molecule has 2 rings (SSSR count). The molecule has 2 heterocycles. The van der Waals surface area contributed by atoms with Crippen LogP contribution in [0.1, 0.15) is 34.2 Å². The number of pyridine rings is 1. The van der Waals surface area contributed by atoms with E-state index in [0.717, 1.165) is 10.7 Å². The summed E-state index contributed by atoms with van der Waals surface area (Å²) < 4.78 is 0. The number of carbonyl (C=O) groups is 1. The quantitative estimate of drug-likeness (QED) is 0.885. The van der Waals surface area contributed by atoms with Gasteiger partial charge in [0.2, 0.25) is 0 Å². The minimum absolute atomic E-state index is 0.155. The first-order valence-electron chi connectivity index (χ1n) is 5.51. The highest BCUT2D eigenvalue weighted by Crippen LogP contribution is 2.18. The zero-order chi connectivity index (χ0) is 13.1. The number of carbonyl (C=O) groups excluding carboxylic acids is 1. The van der Waals surface area contributed by atoms with E-state index >= 15 is 0 Å². The molecular formula is C12H14N4OS. The third kappa shape index (κ3) is 2.65. The summed E-state index contributed by atoms with van der Waals surface area (Å²) in [4.78, 5) is 20.3. The Balaban J connectivity index is 2.10. The number of rotatable bonds is 3. The van der Waals surface area contributed by atoms with Gasteiger partial charge in [0.15, 0.2) is 5.69 Å². The SMILES string of the molecule is Cc1csc(C(C)NC(=O)c2ncccc2N)n1. The number of nitrogen functional groups attached to an aromatic ring is 1. The maximum absolute atomic E-state index is 12.0. The lowest BCUT2D eigenvalue weighted by molar-refractivity contribution is 0.0936. The second kappa shape index (κ2) is 5.14. The third-order valence-electron chi connectivity index (χ3n) is 2.41. The van der Waals surface area contributed by atoms with Crippen molar-refractivity contribution in [3.63, 3.8) is 0 Å². The third-order valence-corrected chi connectivity index (χ3v) is 3.55. The first kappa shape index (κ1) is 12.5. The van der Waals surface area contributed by atoms with Gasteiger partial charge in [-0.3, -0.25) is 4.79 Å². The smallest absolute Gasteiger partial charge is 0.272 e. The van der Waals surface area contributed by atoms with Crippen LogP contribution in [0.2, 0.25) is 0 Å². The summed E-state index contributed by atoms with van der Waals surface area (Å²) in [5.41, 5.74) is 7.28. The van der Waals surface area contributed by atoms with Crippen LogP contribution in [-0.4, -0.2) is 15.9 Å². The normalized spacial score (nSPS) is 12.1. The van der Waals surface area contributed by atoms with Crippen molar-refractivity contribution in [2.45, 2.75) is 19.9 Å². The van der Waals surface area contributed by atoms with E-state index in [1.54, 1.807) is 18.3 Å². The molecule has 0 saturated carbocycles. The molecule has 0 aromatic carbocycles. The minimum Gasteiger partial charge on any atom is -0.397 e. The summed E-state index contributed by atoms with van der Waals surface area (Å²) >= 11 is 1.52. The van der Waals surface area contributed by atoms with E-state index in [4.69, 9.17) is 5.73 Å². The second-order valence-corrected chi connectivity index (χ2v) is 4.85. The fourth-order valence-corrected chi connectivity index (χ4v) is 2.31. The number of amides is 1. The second-order valence-electron chi connectivity index (χ2n) is 3.96. The van der Waals surface area contributed by atoms with Gasteiger partial charge in [-0.1, -0.05) is 0 Å². The maximum atomic E-state index is 12.0. The molecule has 2 aromatic heterocycles. The number of aromatic nitrogens is 2. The van der Waals surface area contributed by atoms with Gasteiger partial charge in [-0.25, -0.2) is 9.97 Å². The van der Waals surface area contributed by atoms with E-state index in [9.17, 15) is 4.79 Å². The summed E-state index contributed by atoms with van der Waals surface area (Å²) in [6, 6.07) is 3.19. The molecule has 0 bridgehead atoms. The number of hydrogen-bond acceptors (Lipinski definition) is 5. The molecule has 0 spiro atoms. The van der Waals surface area contributed by atoms with Crippen LogP contribution >= 0.6 is 11.3 Å². The molecule has 1 unspecified atom stereocenters. The van der Waals surface area contributed by atoms with Crippen LogP contribution in [0.5, 0.6) is 0 Å². The Morgan fingerprint density at radius 3 is 2.94 bits per heavy atom. The Kier molecular flexibility index (Phi) is 3.57. The van der Waals surface area contributed by atoms with Crippen LogP contribution < -0.4 is 11.1 Å². The molecule has 18 heavy (non-hydrogen) atoms. The lowest BCUT2D eigenvalue weighted by atomic mass is 10.2. The van der Waals surface area contributed by atoms with Crippen LogP contribution in [0.15, 0.2) is 23.7 Å². The van der Waals surface area contributed by atoms with E-state index < -0.39 is 0 Å². The monoisotopic (exact) mass is 262 g/mol. The van der Waals surface area contributed by atoms with Gasteiger partial charge < -0.3 is 11.1 Å². The molecule has 1 atom stereocenters. The van der Waals surface area contributed by atoms with E-state index in [2.05, 4.69) is 15.3 Å². The summed E-state index contributed by atoms with van der Waals surface area (Å²) in [5, 5.41) is 5.66. The number of thiazole rings is 1. The first-order valence-corrected chi connectivity index (χ1v) is 6.39. The number of nitrogens with one attached hydrogen (secondary N) is 1. The Bertz CT molecular complexity index is 567. The van der Waals surface area contributed by atoms with Gasteiger partial charge in [-0.05, 0) is 26.0 Å². The highest BCUT2D eigenvalue weighted by atomic mass is 32.1. The van der Waals surface area contributed by atoms with Crippen LogP contribution in [0.25, 0.3) is 0 Å². The molecular weight excluding hydrogens is 248 g/mol. The van der Waals surface area contributed by atoms with E-state index in [0.29, 0.717) is 5.69 Å². The topological polar surface area (TPSA) is 80.9 Å². The molecule has 3 N–H and O–H groups in total. The van der Waals surface area contributed by atoms with Gasteiger partial charge >= 0.3 is 0 Å². The maximum Gasteiger partial charge on any atom is 0.272 e. The molecule has 0 aliphatic heterocycles. The first-order chi connectivity index (χ1) is 8.58. The Morgan fingerprint density at radius 2 is 2.33 bits per heavy atom. The lowest BCUT2D eigenvalue weighted by Gasteiger charge is -2.11. The van der Waals surface area contributed by atoms with Crippen molar-refractivity contribution in [3.8, 4) is 0 Å². The molecule has 0 radical (unpaired) electrons. The zero-order valence-electron chi connectivity index (χ0n) is 10.2. The largest absolute Gasteiger partial charge is 0.397 e. The Hall–Kier alpha value is -1.95. The van der Waals surface area contributed by atoms with E-state index in [1.165, 1.54) is 11.3 Å². The molecule has 5 nitrogen and oxygen atoms in total. The lowest BCUT2D eigenvalue weighted by Crippen LogP contribution is -2.28. The summed E-state index contributed by atoms with van der Waals surface area (Å²) in [6.45, 7) is 3.81. The van der Waals surface area contributed by atoms with E-state index in [-0.39, 0.29) is 17.6 Å². The molecule has 2 aromatic rings. The van der Waals surface area contributed by atoms with Gasteiger partial charge in [0.25, 0.3) is 5.91 Å². The summed E-state index contributed by atoms with van der Waals surface area (Å²) in [7, 11) is 0. The van der Waals surface area contributed by atoms with Crippen molar-refractivity contribution in [2.75, 3.05) is 5.73 Å². The fourth-order valence-electron chi connectivity index (χ4n) is 1.51. The van der Waals surface area contributed by atoms with Crippen molar-refractivity contribution in [2.24, 2.45) is 0 Å². The Labute approximate surface area is 109 Å². The highest BCUT2D eigenvalue weighted by molar-refractivity contribution is 7.09. The Morgan fingerprint density at radius 1 is 1.56 bits per heavy atom.